The third-order valence-corrected chi connectivity index (χ3v) is 6.61. The molecule has 0 amide bonds. The van der Waals surface area contributed by atoms with Crippen LogP contribution in [0.15, 0.2) is 54.0 Å². The number of aromatic nitrogens is 2. The first-order valence-electron chi connectivity index (χ1n) is 12.1. The maximum Gasteiger partial charge on any atom is 0.361 e. The van der Waals surface area contributed by atoms with Crippen LogP contribution in [0.3, 0.4) is 0 Å². The van der Waals surface area contributed by atoms with Crippen LogP contribution in [-0.2, 0) is 16.1 Å². The van der Waals surface area contributed by atoms with Crippen molar-refractivity contribution in [2.24, 2.45) is 0 Å². The van der Waals surface area contributed by atoms with Crippen molar-refractivity contribution >= 4 is 17.3 Å². The number of halogens is 1. The number of hydrogen-bond donors (Lipinski definition) is 0. The number of esters is 1. The zero-order chi connectivity index (χ0) is 23.5. The Hall–Kier alpha value is -2.15. The Kier molecular flexibility index (Phi) is 11.8. The normalized spacial score (nSPS) is 11.3. The Morgan fingerprint density at radius 2 is 1.71 bits per heavy atom. The van der Waals surface area contributed by atoms with E-state index in [2.05, 4.69) is 50.8 Å². The summed E-state index contributed by atoms with van der Waals surface area (Å²) in [4.78, 5) is 13.6. The fourth-order valence-corrected chi connectivity index (χ4v) is 4.76. The van der Waals surface area contributed by atoms with E-state index in [0.29, 0.717) is 24.2 Å². The van der Waals surface area contributed by atoms with E-state index in [9.17, 15) is 4.79 Å². The SMILES string of the molecule is CCCCCCCCCOC(=O)C[N+](C)(C)Cc1cn(-c2ccccc2)nc1-c1cccs1.[Cl-]. The van der Waals surface area contributed by atoms with Gasteiger partial charge in [0.1, 0.15) is 12.2 Å². The molecular weight excluding hydrogens is 466 g/mol. The lowest BCUT2D eigenvalue weighted by Gasteiger charge is -2.28. The number of nitrogens with zero attached hydrogens (tertiary/aromatic N) is 3. The number of likely N-dealkylation sites (N-methyl/N-ethyl adjacent to an activating group) is 1. The van der Waals surface area contributed by atoms with Crippen LogP contribution in [0.5, 0.6) is 0 Å². The highest BCUT2D eigenvalue weighted by Crippen LogP contribution is 2.29. The van der Waals surface area contributed by atoms with E-state index in [1.165, 1.54) is 32.1 Å². The Morgan fingerprint density at radius 3 is 2.38 bits per heavy atom. The summed E-state index contributed by atoms with van der Waals surface area (Å²) < 4.78 is 8.00. The zero-order valence-electron chi connectivity index (χ0n) is 20.7. The minimum Gasteiger partial charge on any atom is -1.00 e. The van der Waals surface area contributed by atoms with Gasteiger partial charge >= 0.3 is 5.97 Å². The molecule has 0 atom stereocenters. The monoisotopic (exact) mass is 503 g/mol. The van der Waals surface area contributed by atoms with Gasteiger partial charge in [-0.3, -0.25) is 0 Å². The molecule has 34 heavy (non-hydrogen) atoms. The van der Waals surface area contributed by atoms with Crippen molar-refractivity contribution in [2.75, 3.05) is 27.2 Å². The molecule has 0 fully saturated rings. The van der Waals surface area contributed by atoms with E-state index in [4.69, 9.17) is 9.84 Å². The molecule has 0 saturated heterocycles. The van der Waals surface area contributed by atoms with Gasteiger partial charge < -0.3 is 21.6 Å². The minimum absolute atomic E-state index is 0. The summed E-state index contributed by atoms with van der Waals surface area (Å²) in [5.41, 5.74) is 3.14. The molecule has 0 aliphatic heterocycles. The average molecular weight is 504 g/mol. The Balaban J connectivity index is 0.00000408. The van der Waals surface area contributed by atoms with Crippen molar-refractivity contribution in [1.29, 1.82) is 0 Å². The van der Waals surface area contributed by atoms with Gasteiger partial charge in [-0.1, -0.05) is 69.7 Å². The highest BCUT2D eigenvalue weighted by atomic mass is 35.5. The van der Waals surface area contributed by atoms with Crippen LogP contribution in [0.1, 0.15) is 57.4 Å². The van der Waals surface area contributed by atoms with Crippen LogP contribution in [0.2, 0.25) is 0 Å². The predicted octanol–water partition coefficient (Wildman–Crippen LogP) is 3.48. The van der Waals surface area contributed by atoms with Crippen LogP contribution in [0.25, 0.3) is 16.3 Å². The molecule has 5 nitrogen and oxygen atoms in total. The Morgan fingerprint density at radius 1 is 1.00 bits per heavy atom. The third-order valence-electron chi connectivity index (χ3n) is 5.73. The maximum absolute atomic E-state index is 12.5. The van der Waals surface area contributed by atoms with Gasteiger partial charge in [0.05, 0.1) is 36.8 Å². The first kappa shape index (κ1) is 28.1. The minimum atomic E-state index is -0.126. The predicted molar refractivity (Wildman–Crippen MR) is 137 cm³/mol. The molecule has 0 aliphatic carbocycles. The number of ether oxygens (including phenoxy) is 1. The number of rotatable bonds is 14. The second-order valence-corrected chi connectivity index (χ2v) is 10.3. The lowest BCUT2D eigenvalue weighted by molar-refractivity contribution is -0.896. The molecule has 0 spiro atoms. The summed E-state index contributed by atoms with van der Waals surface area (Å²) in [6, 6.07) is 14.3. The highest BCUT2D eigenvalue weighted by molar-refractivity contribution is 7.13. The van der Waals surface area contributed by atoms with Gasteiger partial charge in [0.2, 0.25) is 0 Å². The lowest BCUT2D eigenvalue weighted by atomic mass is 10.1. The number of hydrogen-bond acceptors (Lipinski definition) is 4. The molecule has 0 aliphatic rings. The molecule has 0 N–H and O–H groups in total. The summed E-state index contributed by atoms with van der Waals surface area (Å²) in [5.74, 6) is -0.126. The van der Waals surface area contributed by atoms with Gasteiger partial charge in [-0.25, -0.2) is 9.48 Å². The summed E-state index contributed by atoms with van der Waals surface area (Å²) in [6.07, 6.45) is 10.6. The van der Waals surface area contributed by atoms with E-state index < -0.39 is 0 Å². The largest absolute Gasteiger partial charge is 1.00 e. The molecule has 0 saturated carbocycles. The summed E-state index contributed by atoms with van der Waals surface area (Å²) in [6.45, 7) is 3.81. The number of quaternary nitrogens is 1. The molecule has 2 aromatic heterocycles. The van der Waals surface area contributed by atoms with Crippen molar-refractivity contribution in [2.45, 2.75) is 58.4 Å². The molecule has 0 bridgehead atoms. The molecule has 0 radical (unpaired) electrons. The van der Waals surface area contributed by atoms with Gasteiger partial charge in [-0.05, 0) is 30.0 Å². The number of thiophene rings is 1. The van der Waals surface area contributed by atoms with Gasteiger partial charge in [-0.15, -0.1) is 11.3 Å². The number of unbranched alkanes of at least 4 members (excludes halogenated alkanes) is 6. The molecule has 3 aromatic rings. The van der Waals surface area contributed by atoms with Crippen molar-refractivity contribution in [3.63, 3.8) is 0 Å². The molecule has 186 valence electrons. The van der Waals surface area contributed by atoms with E-state index in [1.807, 2.05) is 28.9 Å². The van der Waals surface area contributed by atoms with Crippen molar-refractivity contribution in [3.8, 4) is 16.3 Å². The molecule has 0 unspecified atom stereocenters. The standard InChI is InChI=1S/C27H38N3O2S.ClH/c1-4-5-6-7-8-9-13-18-32-26(31)22-30(2,3)21-23-20-29(24-15-11-10-12-16-24)28-27(23)25-17-14-19-33-25;/h10-12,14-17,19-20H,4-9,13,18,21-22H2,1-3H3;1H/q+1;/p-1. The molecule has 3 rings (SSSR count). The lowest BCUT2D eigenvalue weighted by Crippen LogP contribution is -3.00. The van der Waals surface area contributed by atoms with Crippen LogP contribution < -0.4 is 12.4 Å². The van der Waals surface area contributed by atoms with Gasteiger partial charge in [-0.2, -0.15) is 5.10 Å². The van der Waals surface area contributed by atoms with Gasteiger partial charge in [0.15, 0.2) is 6.54 Å². The van der Waals surface area contributed by atoms with Gasteiger partial charge in [0, 0.05) is 6.20 Å². The second-order valence-electron chi connectivity index (χ2n) is 9.35. The van der Waals surface area contributed by atoms with E-state index in [0.717, 1.165) is 34.7 Å². The van der Waals surface area contributed by atoms with Crippen molar-refractivity contribution < 1.29 is 26.4 Å². The number of benzene rings is 1. The van der Waals surface area contributed by atoms with Crippen molar-refractivity contribution in [3.05, 3.63) is 59.6 Å². The van der Waals surface area contributed by atoms with Crippen LogP contribution in [0, 0.1) is 0 Å². The van der Waals surface area contributed by atoms with E-state index >= 15 is 0 Å². The number of carbonyl (C=O) groups is 1. The first-order chi connectivity index (χ1) is 16.0. The second kappa shape index (κ2) is 14.3. The fourth-order valence-electron chi connectivity index (χ4n) is 4.02. The van der Waals surface area contributed by atoms with E-state index in [-0.39, 0.29) is 18.4 Å². The van der Waals surface area contributed by atoms with Crippen LogP contribution >= 0.6 is 11.3 Å². The average Bonchev–Trinajstić information content (AvgIpc) is 3.45. The third kappa shape index (κ3) is 8.90. The number of carbonyl (C=O) groups excluding carboxylic acids is 1. The Bertz CT molecular complexity index is 971. The topological polar surface area (TPSA) is 44.1 Å². The summed E-state index contributed by atoms with van der Waals surface area (Å²) in [5, 5.41) is 6.96. The van der Waals surface area contributed by atoms with Crippen LogP contribution in [-0.4, -0.2) is 47.5 Å². The first-order valence-corrected chi connectivity index (χ1v) is 13.0. The van der Waals surface area contributed by atoms with Crippen LogP contribution in [0.4, 0.5) is 0 Å². The van der Waals surface area contributed by atoms with E-state index in [1.54, 1.807) is 11.3 Å². The molecule has 2 heterocycles. The van der Waals surface area contributed by atoms with Crippen molar-refractivity contribution in [1.82, 2.24) is 9.78 Å². The smallest absolute Gasteiger partial charge is 0.361 e. The molecule has 1 aromatic carbocycles. The van der Waals surface area contributed by atoms with Gasteiger partial charge in [0.25, 0.3) is 0 Å². The fraction of sp³-hybridized carbons (Fsp3) is 0.481. The molecular formula is C27H38ClN3O2S. The highest BCUT2D eigenvalue weighted by Gasteiger charge is 2.25. The Labute approximate surface area is 214 Å². The summed E-state index contributed by atoms with van der Waals surface area (Å²) in [7, 11) is 4.15. The maximum atomic E-state index is 12.5. The molecule has 7 heteroatoms. The summed E-state index contributed by atoms with van der Waals surface area (Å²) >= 11 is 1.69. The zero-order valence-corrected chi connectivity index (χ0v) is 22.3. The quantitative estimate of drug-likeness (QED) is 0.192. The number of para-hydroxylation sites is 1.